The summed E-state index contributed by atoms with van der Waals surface area (Å²) in [5.74, 6) is 6.58. The summed E-state index contributed by atoms with van der Waals surface area (Å²) in [6.07, 6.45) is 4.47. The highest BCUT2D eigenvalue weighted by Crippen LogP contribution is 2.22. The topological polar surface area (TPSA) is 64.4 Å². The van der Waals surface area contributed by atoms with Crippen molar-refractivity contribution in [3.8, 4) is 23.2 Å². The summed E-state index contributed by atoms with van der Waals surface area (Å²) in [5.41, 5.74) is 1.08. The third kappa shape index (κ3) is 4.67. The zero-order valence-electron chi connectivity index (χ0n) is 12.8. The zero-order valence-corrected chi connectivity index (χ0v) is 12.8. The Morgan fingerprint density at radius 2 is 2.23 bits per heavy atom. The van der Waals surface area contributed by atoms with Crippen LogP contribution < -0.4 is 5.32 Å². The molecule has 0 fully saturated rings. The molecule has 0 aliphatic rings. The molecule has 0 unspecified atom stereocenters. The maximum Gasteiger partial charge on any atom is 0.408 e. The molecule has 0 spiro atoms. The number of carbonyl (C=O) groups is 1. The summed E-state index contributed by atoms with van der Waals surface area (Å²) in [7, 11) is 0. The van der Waals surface area contributed by atoms with Gasteiger partial charge in [-0.25, -0.2) is 4.79 Å². The molecule has 22 heavy (non-hydrogen) atoms. The Kier molecular flexibility index (Phi) is 4.84. The molecule has 0 atom stereocenters. The largest absolute Gasteiger partial charge is 0.464 e. The van der Waals surface area contributed by atoms with Gasteiger partial charge in [0.2, 0.25) is 0 Å². The lowest BCUT2D eigenvalue weighted by atomic mass is 10.1. The molecule has 0 saturated carbocycles. The Bertz CT molecular complexity index is 689. The van der Waals surface area contributed by atoms with Crippen LogP contribution in [-0.4, -0.2) is 23.2 Å². The van der Waals surface area contributed by atoms with E-state index in [0.717, 1.165) is 16.9 Å². The van der Waals surface area contributed by atoms with E-state index in [9.17, 15) is 4.79 Å². The number of aromatic nitrogens is 1. The monoisotopic (exact) mass is 298 g/mol. The smallest absolute Gasteiger partial charge is 0.408 e. The number of nitrogens with zero attached hydrogens (tertiary/aromatic N) is 1. The van der Waals surface area contributed by atoms with Gasteiger partial charge in [-0.2, -0.15) is 0 Å². The lowest BCUT2D eigenvalue weighted by Crippen LogP contribution is -2.32. The molecule has 1 amide bonds. The Balaban J connectivity index is 2.00. The molecule has 114 valence electrons. The van der Waals surface area contributed by atoms with Gasteiger partial charge in [-0.3, -0.25) is 4.98 Å². The van der Waals surface area contributed by atoms with Gasteiger partial charge in [0.1, 0.15) is 11.4 Å². The molecular weight excluding hydrogens is 280 g/mol. The third-order valence-corrected chi connectivity index (χ3v) is 2.55. The fourth-order valence-electron chi connectivity index (χ4n) is 1.71. The number of furan rings is 1. The third-order valence-electron chi connectivity index (χ3n) is 2.55. The molecule has 0 saturated heterocycles. The average Bonchev–Trinajstić information content (AvgIpc) is 2.96. The fraction of sp³-hybridized carbons (Fsp3) is 0.294. The van der Waals surface area contributed by atoms with Crippen LogP contribution in [0.15, 0.2) is 41.3 Å². The molecule has 0 bridgehead atoms. The SMILES string of the molecule is CC(C)(C)OC(=O)NCC#Cc1cnccc1-c1ccco1. The lowest BCUT2D eigenvalue weighted by molar-refractivity contribution is 0.0535. The van der Waals surface area contributed by atoms with E-state index in [4.69, 9.17) is 9.15 Å². The highest BCUT2D eigenvalue weighted by atomic mass is 16.6. The van der Waals surface area contributed by atoms with Crippen LogP contribution in [0.1, 0.15) is 26.3 Å². The van der Waals surface area contributed by atoms with Crippen LogP contribution in [0.4, 0.5) is 4.79 Å². The number of hydrogen-bond acceptors (Lipinski definition) is 4. The van der Waals surface area contributed by atoms with Crippen LogP contribution >= 0.6 is 0 Å². The molecule has 0 radical (unpaired) electrons. The molecule has 1 N–H and O–H groups in total. The number of amides is 1. The van der Waals surface area contributed by atoms with Crippen molar-refractivity contribution in [2.45, 2.75) is 26.4 Å². The van der Waals surface area contributed by atoms with Crippen LogP contribution in [-0.2, 0) is 4.74 Å². The predicted octanol–water partition coefficient (Wildman–Crippen LogP) is 3.22. The second-order valence-electron chi connectivity index (χ2n) is 5.56. The van der Waals surface area contributed by atoms with Crippen LogP contribution in [0.5, 0.6) is 0 Å². The number of rotatable bonds is 2. The van der Waals surface area contributed by atoms with Crippen molar-refractivity contribution >= 4 is 6.09 Å². The quantitative estimate of drug-likeness (QED) is 0.865. The maximum atomic E-state index is 11.5. The van der Waals surface area contributed by atoms with Crippen molar-refractivity contribution in [3.63, 3.8) is 0 Å². The molecule has 0 aliphatic carbocycles. The van der Waals surface area contributed by atoms with Gasteiger partial charge in [-0.15, -0.1) is 0 Å². The molecular formula is C17H18N2O3. The first-order chi connectivity index (χ1) is 10.5. The highest BCUT2D eigenvalue weighted by molar-refractivity contribution is 5.68. The number of pyridine rings is 1. The van der Waals surface area contributed by atoms with Crippen molar-refractivity contribution in [3.05, 3.63) is 42.4 Å². The first-order valence-corrected chi connectivity index (χ1v) is 6.89. The maximum absolute atomic E-state index is 11.5. The predicted molar refractivity (Wildman–Crippen MR) is 83.1 cm³/mol. The van der Waals surface area contributed by atoms with Gasteiger partial charge in [-0.05, 0) is 39.0 Å². The van der Waals surface area contributed by atoms with Crippen molar-refractivity contribution < 1.29 is 13.9 Å². The first-order valence-electron chi connectivity index (χ1n) is 6.89. The summed E-state index contributed by atoms with van der Waals surface area (Å²) in [6.45, 7) is 5.62. The summed E-state index contributed by atoms with van der Waals surface area (Å²) in [6, 6.07) is 5.51. The molecule has 5 heteroatoms. The molecule has 5 nitrogen and oxygen atoms in total. The van der Waals surface area contributed by atoms with E-state index in [-0.39, 0.29) is 6.54 Å². The number of nitrogens with one attached hydrogen (secondary N) is 1. The van der Waals surface area contributed by atoms with Gasteiger partial charge in [0.25, 0.3) is 0 Å². The van der Waals surface area contributed by atoms with E-state index in [1.54, 1.807) is 18.7 Å². The highest BCUT2D eigenvalue weighted by Gasteiger charge is 2.15. The lowest BCUT2D eigenvalue weighted by Gasteiger charge is -2.19. The minimum Gasteiger partial charge on any atom is -0.464 e. The van der Waals surface area contributed by atoms with Crippen LogP contribution in [0.3, 0.4) is 0 Å². The Morgan fingerprint density at radius 3 is 2.91 bits per heavy atom. The van der Waals surface area contributed by atoms with Crippen molar-refractivity contribution in [1.29, 1.82) is 0 Å². The van der Waals surface area contributed by atoms with Crippen LogP contribution in [0.2, 0.25) is 0 Å². The minimum absolute atomic E-state index is 0.196. The number of alkyl carbamates (subject to hydrolysis) is 1. The van der Waals surface area contributed by atoms with Gasteiger partial charge in [-0.1, -0.05) is 11.8 Å². The Labute approximate surface area is 129 Å². The van der Waals surface area contributed by atoms with E-state index in [2.05, 4.69) is 22.1 Å². The van der Waals surface area contributed by atoms with E-state index in [0.29, 0.717) is 0 Å². The molecule has 2 aromatic heterocycles. The van der Waals surface area contributed by atoms with Gasteiger partial charge < -0.3 is 14.5 Å². The summed E-state index contributed by atoms with van der Waals surface area (Å²) in [4.78, 5) is 15.6. The fourth-order valence-corrected chi connectivity index (χ4v) is 1.71. The van der Waals surface area contributed by atoms with Crippen molar-refractivity contribution in [2.75, 3.05) is 6.54 Å². The molecule has 0 aliphatic heterocycles. The second-order valence-corrected chi connectivity index (χ2v) is 5.56. The Morgan fingerprint density at radius 1 is 1.41 bits per heavy atom. The van der Waals surface area contributed by atoms with Crippen molar-refractivity contribution in [1.82, 2.24) is 10.3 Å². The number of carbonyl (C=O) groups excluding carboxylic acids is 1. The normalized spacial score (nSPS) is 10.5. The first kappa shape index (κ1) is 15.6. The number of ether oxygens (including phenoxy) is 1. The summed E-state index contributed by atoms with van der Waals surface area (Å²) >= 11 is 0. The number of hydrogen-bond donors (Lipinski definition) is 1. The summed E-state index contributed by atoms with van der Waals surface area (Å²) < 4.78 is 10.5. The standard InChI is InChI=1S/C17H18N2O3/c1-17(2,3)22-16(20)19-9-4-6-13-12-18-10-8-14(13)15-7-5-11-21-15/h5,7-8,10-12H,9H2,1-3H3,(H,19,20). The molecule has 2 rings (SSSR count). The molecule has 0 aromatic carbocycles. The van der Waals surface area contributed by atoms with Crippen molar-refractivity contribution in [2.24, 2.45) is 0 Å². The van der Waals surface area contributed by atoms with E-state index in [1.165, 1.54) is 0 Å². The van der Waals surface area contributed by atoms with E-state index < -0.39 is 11.7 Å². The van der Waals surface area contributed by atoms with Gasteiger partial charge in [0.05, 0.1) is 18.4 Å². The summed E-state index contributed by atoms with van der Waals surface area (Å²) in [5, 5.41) is 2.59. The zero-order chi connectivity index (χ0) is 16.0. The Hall–Kier alpha value is -2.74. The van der Waals surface area contributed by atoms with Crippen LogP contribution in [0, 0.1) is 11.8 Å². The minimum atomic E-state index is -0.521. The second kappa shape index (κ2) is 6.81. The average molecular weight is 298 g/mol. The van der Waals surface area contributed by atoms with Gasteiger partial charge in [0, 0.05) is 18.0 Å². The molecule has 2 aromatic rings. The van der Waals surface area contributed by atoms with E-state index >= 15 is 0 Å². The van der Waals surface area contributed by atoms with Crippen LogP contribution in [0.25, 0.3) is 11.3 Å². The van der Waals surface area contributed by atoms with Gasteiger partial charge >= 0.3 is 6.09 Å². The molecule has 2 heterocycles. The van der Waals surface area contributed by atoms with Gasteiger partial charge in [0.15, 0.2) is 0 Å². The van der Waals surface area contributed by atoms with E-state index in [1.807, 2.05) is 39.0 Å².